The lowest BCUT2D eigenvalue weighted by Gasteiger charge is -2.05. The van der Waals surface area contributed by atoms with Gasteiger partial charge in [0.2, 0.25) is 5.13 Å². The van der Waals surface area contributed by atoms with Crippen molar-refractivity contribution in [1.29, 1.82) is 0 Å². The molecule has 106 valence electrons. The second kappa shape index (κ2) is 6.03. The average molecular weight is 312 g/mol. The monoisotopic (exact) mass is 312 g/mol. The highest BCUT2D eigenvalue weighted by Crippen LogP contribution is 2.40. The number of hydrogen-bond donors (Lipinski definition) is 2. The van der Waals surface area contributed by atoms with Crippen LogP contribution in [0.5, 0.6) is 0 Å². The molecule has 8 nitrogen and oxygen atoms in total. The minimum atomic E-state index is -0.467. The van der Waals surface area contributed by atoms with Crippen LogP contribution in [-0.4, -0.2) is 29.2 Å². The topological polar surface area (TPSA) is 110 Å². The maximum absolute atomic E-state index is 11.2. The quantitative estimate of drug-likeness (QED) is 0.489. The van der Waals surface area contributed by atoms with E-state index >= 15 is 0 Å². The summed E-state index contributed by atoms with van der Waals surface area (Å²) >= 11 is 2.55. The van der Waals surface area contributed by atoms with E-state index in [1.54, 1.807) is 18.2 Å². The Bertz CT molecular complexity index is 630. The number of aromatic nitrogens is 2. The molecule has 0 bridgehead atoms. The molecule has 1 heterocycles. The Labute approximate surface area is 123 Å². The van der Waals surface area contributed by atoms with Gasteiger partial charge in [-0.25, -0.2) is 0 Å². The summed E-state index contributed by atoms with van der Waals surface area (Å²) in [6.45, 7) is 0. The number of nitrogens with two attached hydrogens (primary N) is 1. The molecule has 2 rings (SSSR count). The van der Waals surface area contributed by atoms with Crippen molar-refractivity contribution in [3.05, 3.63) is 28.3 Å². The third-order valence-electron chi connectivity index (χ3n) is 2.31. The summed E-state index contributed by atoms with van der Waals surface area (Å²) in [5, 5.41) is 19.9. The standard InChI is InChI=1S/C10H12N6O2S2/c1-15(2)9-13-14-10(20-9)19-7-5-3-4-6(12-11)8(7)16(17)18/h3-5,12H,11H2,1-2H3. The number of anilines is 2. The summed E-state index contributed by atoms with van der Waals surface area (Å²) in [6.07, 6.45) is 0. The highest BCUT2D eigenvalue weighted by Gasteiger charge is 2.21. The van der Waals surface area contributed by atoms with Gasteiger partial charge in [-0.2, -0.15) is 0 Å². The first-order valence-electron chi connectivity index (χ1n) is 5.45. The van der Waals surface area contributed by atoms with Gasteiger partial charge in [-0.05, 0) is 23.9 Å². The molecule has 2 aromatic rings. The Hall–Kier alpha value is -1.91. The molecule has 0 saturated carbocycles. The lowest BCUT2D eigenvalue weighted by atomic mass is 10.3. The first kappa shape index (κ1) is 14.5. The van der Waals surface area contributed by atoms with Crippen molar-refractivity contribution in [3.63, 3.8) is 0 Å². The highest BCUT2D eigenvalue weighted by atomic mass is 32.2. The van der Waals surface area contributed by atoms with Gasteiger partial charge in [0.1, 0.15) is 5.69 Å². The zero-order valence-electron chi connectivity index (χ0n) is 10.7. The van der Waals surface area contributed by atoms with Crippen LogP contribution in [0.3, 0.4) is 0 Å². The van der Waals surface area contributed by atoms with Gasteiger partial charge in [0, 0.05) is 14.1 Å². The zero-order valence-corrected chi connectivity index (χ0v) is 12.4. The van der Waals surface area contributed by atoms with E-state index in [1.807, 2.05) is 19.0 Å². The van der Waals surface area contributed by atoms with E-state index < -0.39 is 4.92 Å². The van der Waals surface area contributed by atoms with Crippen LogP contribution >= 0.6 is 23.1 Å². The molecule has 0 radical (unpaired) electrons. The van der Waals surface area contributed by atoms with Crippen LogP contribution in [0, 0.1) is 10.1 Å². The minimum absolute atomic E-state index is 0.0680. The number of hydrogen-bond acceptors (Lipinski definition) is 9. The van der Waals surface area contributed by atoms with Crippen LogP contribution in [0.4, 0.5) is 16.5 Å². The molecule has 0 unspecified atom stereocenters. The summed E-state index contributed by atoms with van der Waals surface area (Å²) in [5.41, 5.74) is 2.52. The van der Waals surface area contributed by atoms with Crippen molar-refractivity contribution in [2.75, 3.05) is 24.4 Å². The molecule has 1 aromatic heterocycles. The van der Waals surface area contributed by atoms with Gasteiger partial charge in [0.05, 0.1) is 9.82 Å². The van der Waals surface area contributed by atoms with Crippen LogP contribution in [0.25, 0.3) is 0 Å². The molecular formula is C10H12N6O2S2. The van der Waals surface area contributed by atoms with Crippen molar-refractivity contribution in [2.24, 2.45) is 5.84 Å². The fraction of sp³-hybridized carbons (Fsp3) is 0.200. The molecule has 0 spiro atoms. The molecule has 0 atom stereocenters. The van der Waals surface area contributed by atoms with Gasteiger partial charge in [0.15, 0.2) is 4.34 Å². The van der Waals surface area contributed by atoms with Crippen molar-refractivity contribution in [1.82, 2.24) is 10.2 Å². The molecule has 0 amide bonds. The summed E-state index contributed by atoms with van der Waals surface area (Å²) < 4.78 is 0.631. The number of nitrogen functional groups attached to an aromatic ring is 1. The number of rotatable bonds is 5. The molecule has 0 aliphatic heterocycles. The SMILES string of the molecule is CN(C)c1nnc(Sc2cccc(NN)c2[N+](=O)[O-])s1. The van der Waals surface area contributed by atoms with Gasteiger partial charge >= 0.3 is 5.69 Å². The lowest BCUT2D eigenvalue weighted by molar-refractivity contribution is -0.386. The van der Waals surface area contributed by atoms with Gasteiger partial charge < -0.3 is 10.3 Å². The predicted octanol–water partition coefficient (Wildman–Crippen LogP) is 1.95. The van der Waals surface area contributed by atoms with Crippen LogP contribution < -0.4 is 16.2 Å². The summed E-state index contributed by atoms with van der Waals surface area (Å²) in [7, 11) is 3.72. The van der Waals surface area contributed by atoms with E-state index in [1.165, 1.54) is 23.1 Å². The van der Waals surface area contributed by atoms with E-state index in [0.29, 0.717) is 9.24 Å². The molecule has 20 heavy (non-hydrogen) atoms. The number of benzene rings is 1. The molecule has 10 heteroatoms. The van der Waals surface area contributed by atoms with Gasteiger partial charge in [-0.3, -0.25) is 16.0 Å². The largest absolute Gasteiger partial charge is 0.353 e. The molecule has 0 aliphatic rings. The van der Waals surface area contributed by atoms with Crippen LogP contribution in [0.1, 0.15) is 0 Å². The Morgan fingerprint density at radius 3 is 2.75 bits per heavy atom. The maximum Gasteiger partial charge on any atom is 0.307 e. The molecule has 0 saturated heterocycles. The second-order valence-electron chi connectivity index (χ2n) is 3.90. The van der Waals surface area contributed by atoms with Crippen LogP contribution in [-0.2, 0) is 0 Å². The fourth-order valence-electron chi connectivity index (χ4n) is 1.43. The Balaban J connectivity index is 2.35. The van der Waals surface area contributed by atoms with E-state index in [0.717, 1.165) is 5.13 Å². The molecule has 1 aromatic carbocycles. The van der Waals surface area contributed by atoms with Crippen LogP contribution in [0.2, 0.25) is 0 Å². The van der Waals surface area contributed by atoms with E-state index in [2.05, 4.69) is 15.6 Å². The lowest BCUT2D eigenvalue weighted by Crippen LogP contribution is -2.09. The van der Waals surface area contributed by atoms with E-state index in [4.69, 9.17) is 5.84 Å². The normalized spacial score (nSPS) is 10.3. The average Bonchev–Trinajstić information content (AvgIpc) is 2.86. The van der Waals surface area contributed by atoms with Crippen molar-refractivity contribution < 1.29 is 4.92 Å². The fourth-order valence-corrected chi connectivity index (χ4v) is 3.29. The Morgan fingerprint density at radius 2 is 2.20 bits per heavy atom. The molecule has 0 fully saturated rings. The van der Waals surface area contributed by atoms with Gasteiger partial charge in [-0.1, -0.05) is 17.4 Å². The number of para-hydroxylation sites is 1. The number of hydrazine groups is 1. The van der Waals surface area contributed by atoms with Gasteiger partial charge in [0.25, 0.3) is 0 Å². The first-order valence-corrected chi connectivity index (χ1v) is 7.09. The third-order valence-corrected chi connectivity index (χ3v) is 4.50. The number of nitro groups is 1. The minimum Gasteiger partial charge on any atom is -0.353 e. The van der Waals surface area contributed by atoms with Crippen molar-refractivity contribution in [2.45, 2.75) is 9.24 Å². The van der Waals surface area contributed by atoms with Gasteiger partial charge in [-0.15, -0.1) is 10.2 Å². The van der Waals surface area contributed by atoms with Crippen LogP contribution in [0.15, 0.2) is 27.4 Å². The smallest absolute Gasteiger partial charge is 0.307 e. The maximum atomic E-state index is 11.2. The van der Waals surface area contributed by atoms with Crippen molar-refractivity contribution >= 4 is 39.6 Å². The molecule has 0 aliphatic carbocycles. The Morgan fingerprint density at radius 1 is 1.45 bits per heavy atom. The van der Waals surface area contributed by atoms with E-state index in [9.17, 15) is 10.1 Å². The summed E-state index contributed by atoms with van der Waals surface area (Å²) in [4.78, 5) is 13.0. The Kier molecular flexibility index (Phi) is 4.37. The first-order chi connectivity index (χ1) is 9.52. The number of nitrogens with zero attached hydrogens (tertiary/aromatic N) is 4. The number of nitrogens with one attached hydrogen (secondary N) is 1. The summed E-state index contributed by atoms with van der Waals surface area (Å²) in [6, 6.07) is 4.90. The zero-order chi connectivity index (χ0) is 14.7. The molecular weight excluding hydrogens is 300 g/mol. The molecule has 3 N–H and O–H groups in total. The second-order valence-corrected chi connectivity index (χ2v) is 6.15. The number of nitro benzene ring substituents is 1. The van der Waals surface area contributed by atoms with Crippen molar-refractivity contribution in [3.8, 4) is 0 Å². The van der Waals surface area contributed by atoms with E-state index in [-0.39, 0.29) is 11.4 Å². The predicted molar refractivity (Wildman–Crippen MR) is 79.3 cm³/mol. The highest BCUT2D eigenvalue weighted by molar-refractivity contribution is 8.01. The third kappa shape index (κ3) is 2.98. The summed E-state index contributed by atoms with van der Waals surface area (Å²) in [5.74, 6) is 5.30.